The highest BCUT2D eigenvalue weighted by Crippen LogP contribution is 2.21. The number of thiazole rings is 1. The van der Waals surface area contributed by atoms with Gasteiger partial charge in [0.2, 0.25) is 11.8 Å². The molecule has 6 nitrogen and oxygen atoms in total. The van der Waals surface area contributed by atoms with E-state index in [0.29, 0.717) is 5.56 Å². The van der Waals surface area contributed by atoms with Crippen molar-refractivity contribution in [3.05, 3.63) is 65.2 Å². The van der Waals surface area contributed by atoms with Crippen LogP contribution in [0.3, 0.4) is 0 Å². The van der Waals surface area contributed by atoms with Crippen LogP contribution in [0.25, 0.3) is 10.2 Å². The van der Waals surface area contributed by atoms with Gasteiger partial charge in [0.25, 0.3) is 0 Å². The quantitative estimate of drug-likeness (QED) is 0.679. The normalized spacial score (nSPS) is 12.0. The van der Waals surface area contributed by atoms with Crippen molar-refractivity contribution in [1.82, 2.24) is 10.3 Å². The van der Waals surface area contributed by atoms with E-state index in [-0.39, 0.29) is 13.2 Å². The van der Waals surface area contributed by atoms with Crippen LogP contribution in [-0.4, -0.2) is 23.4 Å². The summed E-state index contributed by atoms with van der Waals surface area (Å²) in [4.78, 5) is 28.1. The maximum atomic E-state index is 12.0. The monoisotopic (exact) mass is 355 g/mol. The first-order valence-electron chi connectivity index (χ1n) is 7.69. The standard InChI is InChI=1S/C18H17N3O3S/c19-18(23)17(12-6-2-1-3-7-12)21-15(22)10-24-11-16-20-13-8-4-5-9-14(13)25-16/h1-9,17H,10-11H2,(H2,19,23)(H,21,22). The van der Waals surface area contributed by atoms with Crippen molar-refractivity contribution in [2.24, 2.45) is 5.73 Å². The number of ether oxygens (including phenoxy) is 1. The summed E-state index contributed by atoms with van der Waals surface area (Å²) in [6.45, 7) is 0.0614. The van der Waals surface area contributed by atoms with Crippen LogP contribution in [0.4, 0.5) is 0 Å². The van der Waals surface area contributed by atoms with Gasteiger partial charge in [-0.25, -0.2) is 4.98 Å². The molecule has 0 bridgehead atoms. The van der Waals surface area contributed by atoms with Crippen molar-refractivity contribution in [1.29, 1.82) is 0 Å². The minimum atomic E-state index is -0.875. The van der Waals surface area contributed by atoms with Crippen LogP contribution in [-0.2, 0) is 20.9 Å². The first-order valence-corrected chi connectivity index (χ1v) is 8.51. The molecule has 0 saturated carbocycles. The highest BCUT2D eigenvalue weighted by Gasteiger charge is 2.19. The molecule has 2 amide bonds. The number of hydrogen-bond acceptors (Lipinski definition) is 5. The van der Waals surface area contributed by atoms with Gasteiger partial charge in [0.1, 0.15) is 17.7 Å². The molecule has 0 spiro atoms. The Kier molecular flexibility index (Phi) is 5.37. The van der Waals surface area contributed by atoms with Gasteiger partial charge in [-0.1, -0.05) is 42.5 Å². The van der Waals surface area contributed by atoms with E-state index in [1.807, 2.05) is 30.3 Å². The van der Waals surface area contributed by atoms with Crippen molar-refractivity contribution >= 4 is 33.4 Å². The Bertz CT molecular complexity index is 846. The van der Waals surface area contributed by atoms with Gasteiger partial charge in [-0.3, -0.25) is 9.59 Å². The number of para-hydroxylation sites is 1. The maximum Gasteiger partial charge on any atom is 0.246 e. The van der Waals surface area contributed by atoms with E-state index in [0.717, 1.165) is 15.2 Å². The number of amides is 2. The number of carbonyl (C=O) groups excluding carboxylic acids is 2. The Labute approximate surface area is 148 Å². The Morgan fingerprint density at radius 2 is 1.84 bits per heavy atom. The molecule has 1 unspecified atom stereocenters. The third kappa shape index (κ3) is 4.40. The zero-order valence-electron chi connectivity index (χ0n) is 13.3. The number of fused-ring (bicyclic) bond motifs is 1. The summed E-state index contributed by atoms with van der Waals surface area (Å²) in [6.07, 6.45) is 0. The smallest absolute Gasteiger partial charge is 0.246 e. The summed E-state index contributed by atoms with van der Waals surface area (Å²) in [7, 11) is 0. The fourth-order valence-corrected chi connectivity index (χ4v) is 3.28. The molecule has 0 aliphatic heterocycles. The van der Waals surface area contributed by atoms with E-state index in [9.17, 15) is 9.59 Å². The van der Waals surface area contributed by atoms with Crippen LogP contribution < -0.4 is 11.1 Å². The number of rotatable bonds is 7. The van der Waals surface area contributed by atoms with Crippen LogP contribution in [0, 0.1) is 0 Å². The molecular weight excluding hydrogens is 338 g/mol. The van der Waals surface area contributed by atoms with Gasteiger partial charge < -0.3 is 15.8 Å². The first-order chi connectivity index (χ1) is 12.1. The third-order valence-corrected chi connectivity index (χ3v) is 4.53. The van der Waals surface area contributed by atoms with Gasteiger partial charge in [0, 0.05) is 0 Å². The Morgan fingerprint density at radius 1 is 1.12 bits per heavy atom. The minimum absolute atomic E-state index is 0.174. The molecule has 7 heteroatoms. The number of nitrogens with two attached hydrogens (primary N) is 1. The van der Waals surface area contributed by atoms with Crippen molar-refractivity contribution < 1.29 is 14.3 Å². The van der Waals surface area contributed by atoms with E-state index in [1.54, 1.807) is 24.3 Å². The first kappa shape index (κ1) is 17.1. The predicted molar refractivity (Wildman–Crippen MR) is 95.8 cm³/mol. The largest absolute Gasteiger partial charge is 0.368 e. The van der Waals surface area contributed by atoms with Crippen LogP contribution in [0.1, 0.15) is 16.6 Å². The Balaban J connectivity index is 1.54. The fourth-order valence-electron chi connectivity index (χ4n) is 2.38. The fraction of sp³-hybridized carbons (Fsp3) is 0.167. The average Bonchev–Trinajstić information content (AvgIpc) is 3.03. The second kappa shape index (κ2) is 7.87. The molecule has 0 radical (unpaired) electrons. The molecule has 3 N–H and O–H groups in total. The lowest BCUT2D eigenvalue weighted by Crippen LogP contribution is -2.39. The van der Waals surface area contributed by atoms with Crippen molar-refractivity contribution in [2.75, 3.05) is 6.61 Å². The summed E-state index contributed by atoms with van der Waals surface area (Å²) in [5, 5.41) is 3.39. The van der Waals surface area contributed by atoms with E-state index in [4.69, 9.17) is 10.5 Å². The lowest BCUT2D eigenvalue weighted by molar-refractivity contribution is -0.130. The van der Waals surface area contributed by atoms with Gasteiger partial charge in [0.05, 0.1) is 16.8 Å². The summed E-state index contributed by atoms with van der Waals surface area (Å²) in [6, 6.07) is 15.8. The molecule has 2 aromatic carbocycles. The summed E-state index contributed by atoms with van der Waals surface area (Å²) < 4.78 is 6.48. The molecule has 1 heterocycles. The van der Waals surface area contributed by atoms with E-state index >= 15 is 0 Å². The molecule has 25 heavy (non-hydrogen) atoms. The Hall–Kier alpha value is -2.77. The van der Waals surface area contributed by atoms with Gasteiger partial charge in [0.15, 0.2) is 0 Å². The third-order valence-electron chi connectivity index (χ3n) is 3.52. The molecule has 128 valence electrons. The van der Waals surface area contributed by atoms with E-state index in [1.165, 1.54) is 11.3 Å². The van der Waals surface area contributed by atoms with Gasteiger partial charge in [-0.05, 0) is 17.7 Å². The van der Waals surface area contributed by atoms with Gasteiger partial charge in [-0.15, -0.1) is 11.3 Å². The maximum absolute atomic E-state index is 12.0. The van der Waals surface area contributed by atoms with Crippen molar-refractivity contribution in [3.63, 3.8) is 0 Å². The van der Waals surface area contributed by atoms with Crippen LogP contribution in [0.15, 0.2) is 54.6 Å². The summed E-state index contributed by atoms with van der Waals surface area (Å²) in [5.74, 6) is -1.03. The molecule has 3 rings (SSSR count). The molecule has 0 aliphatic carbocycles. The SMILES string of the molecule is NC(=O)C(NC(=O)COCc1nc2ccccc2s1)c1ccccc1. The number of nitrogens with zero attached hydrogens (tertiary/aromatic N) is 1. The average molecular weight is 355 g/mol. The highest BCUT2D eigenvalue weighted by molar-refractivity contribution is 7.18. The number of benzene rings is 2. The number of nitrogens with one attached hydrogen (secondary N) is 1. The number of primary amides is 1. The topological polar surface area (TPSA) is 94.3 Å². The lowest BCUT2D eigenvalue weighted by atomic mass is 10.1. The Morgan fingerprint density at radius 3 is 2.56 bits per heavy atom. The van der Waals surface area contributed by atoms with Gasteiger partial charge in [-0.2, -0.15) is 0 Å². The van der Waals surface area contributed by atoms with Crippen LogP contribution in [0.2, 0.25) is 0 Å². The number of carbonyl (C=O) groups is 2. The second-order valence-electron chi connectivity index (χ2n) is 5.38. The molecule has 1 atom stereocenters. The number of hydrogen-bond donors (Lipinski definition) is 2. The minimum Gasteiger partial charge on any atom is -0.368 e. The summed E-state index contributed by atoms with van der Waals surface area (Å²) >= 11 is 1.52. The van der Waals surface area contributed by atoms with Gasteiger partial charge >= 0.3 is 0 Å². The molecule has 1 aromatic heterocycles. The lowest BCUT2D eigenvalue weighted by Gasteiger charge is -2.15. The molecule has 0 saturated heterocycles. The number of aromatic nitrogens is 1. The van der Waals surface area contributed by atoms with E-state index in [2.05, 4.69) is 10.3 Å². The van der Waals surface area contributed by atoms with Crippen molar-refractivity contribution in [3.8, 4) is 0 Å². The van der Waals surface area contributed by atoms with E-state index < -0.39 is 17.9 Å². The molecule has 0 aliphatic rings. The van der Waals surface area contributed by atoms with Crippen molar-refractivity contribution in [2.45, 2.75) is 12.6 Å². The zero-order valence-corrected chi connectivity index (χ0v) is 14.2. The van der Waals surface area contributed by atoms with Crippen LogP contribution in [0.5, 0.6) is 0 Å². The summed E-state index contributed by atoms with van der Waals surface area (Å²) in [5.41, 5.74) is 6.92. The van der Waals surface area contributed by atoms with Crippen LogP contribution >= 0.6 is 11.3 Å². The molecular formula is C18H17N3O3S. The zero-order chi connectivity index (χ0) is 17.6. The predicted octanol–water partition coefficient (Wildman–Crippen LogP) is 2.16. The highest BCUT2D eigenvalue weighted by atomic mass is 32.1. The second-order valence-corrected chi connectivity index (χ2v) is 6.50. The molecule has 0 fully saturated rings. The molecule has 3 aromatic rings.